The molecule has 0 saturated carbocycles. The van der Waals surface area contributed by atoms with Crippen molar-refractivity contribution in [2.45, 2.75) is 13.0 Å². The zero-order chi connectivity index (χ0) is 17.3. The number of morpholine rings is 1. The molecule has 2 aromatic rings. The number of hydrogen-bond acceptors (Lipinski definition) is 5. The van der Waals surface area contributed by atoms with Gasteiger partial charge in [-0.15, -0.1) is 24.0 Å². The molecule has 0 amide bonds. The van der Waals surface area contributed by atoms with Crippen molar-refractivity contribution in [1.82, 2.24) is 25.0 Å². The van der Waals surface area contributed by atoms with E-state index in [4.69, 9.17) is 10.5 Å². The van der Waals surface area contributed by atoms with Crippen molar-refractivity contribution in [2.24, 2.45) is 10.7 Å². The van der Waals surface area contributed by atoms with Crippen molar-refractivity contribution in [2.75, 3.05) is 39.4 Å². The first-order valence-corrected chi connectivity index (χ1v) is 8.59. The summed E-state index contributed by atoms with van der Waals surface area (Å²) in [6.07, 6.45) is 4.23. The Labute approximate surface area is 170 Å². The number of aliphatic imine (C=N–C) groups is 1. The van der Waals surface area contributed by atoms with Crippen LogP contribution in [0.4, 0.5) is 0 Å². The van der Waals surface area contributed by atoms with E-state index in [0.29, 0.717) is 12.5 Å². The van der Waals surface area contributed by atoms with Crippen LogP contribution in [0.2, 0.25) is 0 Å². The van der Waals surface area contributed by atoms with Crippen LogP contribution in [-0.4, -0.2) is 65.0 Å². The minimum atomic E-state index is 0. The summed E-state index contributed by atoms with van der Waals surface area (Å²) >= 11 is 0. The summed E-state index contributed by atoms with van der Waals surface area (Å²) in [5.41, 5.74) is 8.00. The molecule has 26 heavy (non-hydrogen) atoms. The minimum absolute atomic E-state index is 0. The average molecular weight is 471 g/mol. The van der Waals surface area contributed by atoms with Gasteiger partial charge in [0.25, 0.3) is 0 Å². The van der Waals surface area contributed by atoms with Gasteiger partial charge in [-0.1, -0.05) is 12.1 Å². The topological polar surface area (TPSA) is 93.6 Å². The number of nitrogens with one attached hydrogen (secondary N) is 1. The maximum absolute atomic E-state index is 5.93. The number of rotatable bonds is 7. The molecule has 0 spiro atoms. The van der Waals surface area contributed by atoms with E-state index < -0.39 is 0 Å². The molecule has 1 aliphatic rings. The Kier molecular flexibility index (Phi) is 8.78. The molecule has 1 aliphatic heterocycles. The zero-order valence-corrected chi connectivity index (χ0v) is 17.1. The Morgan fingerprint density at radius 2 is 2.00 bits per heavy atom. The minimum Gasteiger partial charge on any atom is -0.379 e. The average Bonchev–Trinajstić information content (AvgIpc) is 3.20. The molecule has 142 valence electrons. The Hall–Kier alpha value is -1.72. The second-order valence-electron chi connectivity index (χ2n) is 5.94. The van der Waals surface area contributed by atoms with Gasteiger partial charge in [0.15, 0.2) is 5.96 Å². The third kappa shape index (κ3) is 6.54. The van der Waals surface area contributed by atoms with Gasteiger partial charge >= 0.3 is 0 Å². The summed E-state index contributed by atoms with van der Waals surface area (Å²) in [6.45, 7) is 6.17. The maximum Gasteiger partial charge on any atom is 0.188 e. The largest absolute Gasteiger partial charge is 0.379 e. The summed E-state index contributed by atoms with van der Waals surface area (Å²) < 4.78 is 7.06. The monoisotopic (exact) mass is 471 g/mol. The lowest BCUT2D eigenvalue weighted by molar-refractivity contribution is 0.0376. The number of hydrogen-bond donors (Lipinski definition) is 2. The second kappa shape index (κ2) is 11.1. The molecular formula is C17H26IN7O. The fourth-order valence-corrected chi connectivity index (χ4v) is 2.67. The van der Waals surface area contributed by atoms with Crippen molar-refractivity contribution in [3.8, 4) is 5.69 Å². The summed E-state index contributed by atoms with van der Waals surface area (Å²) in [4.78, 5) is 10.7. The predicted molar refractivity (Wildman–Crippen MR) is 112 cm³/mol. The number of aromatic nitrogens is 3. The van der Waals surface area contributed by atoms with Crippen LogP contribution in [0.25, 0.3) is 5.69 Å². The van der Waals surface area contributed by atoms with Crippen LogP contribution in [0.15, 0.2) is 41.9 Å². The molecule has 1 aromatic carbocycles. The first kappa shape index (κ1) is 20.6. The second-order valence-corrected chi connectivity index (χ2v) is 5.94. The molecule has 0 unspecified atom stereocenters. The Balaban J connectivity index is 0.00000243. The highest BCUT2D eigenvalue weighted by molar-refractivity contribution is 14.0. The molecule has 9 heteroatoms. The van der Waals surface area contributed by atoms with Gasteiger partial charge < -0.3 is 15.8 Å². The van der Waals surface area contributed by atoms with E-state index in [1.807, 2.05) is 24.3 Å². The SMILES string of the molecule is I.NC(=NCc1ccc(-n2cncn2)cc1)NCCCN1CCOCC1. The Morgan fingerprint density at radius 3 is 2.69 bits per heavy atom. The number of benzene rings is 1. The quantitative estimate of drug-likeness (QED) is 0.271. The summed E-state index contributed by atoms with van der Waals surface area (Å²) in [5, 5.41) is 7.28. The van der Waals surface area contributed by atoms with Gasteiger partial charge in [-0.25, -0.2) is 14.7 Å². The summed E-state index contributed by atoms with van der Waals surface area (Å²) in [5.74, 6) is 0.488. The van der Waals surface area contributed by atoms with E-state index >= 15 is 0 Å². The summed E-state index contributed by atoms with van der Waals surface area (Å²) in [6, 6.07) is 8.02. The fraction of sp³-hybridized carbons (Fsp3) is 0.471. The van der Waals surface area contributed by atoms with Crippen LogP contribution in [0.3, 0.4) is 0 Å². The fourth-order valence-electron chi connectivity index (χ4n) is 2.67. The molecule has 0 radical (unpaired) electrons. The molecule has 0 bridgehead atoms. The molecule has 3 rings (SSSR count). The van der Waals surface area contributed by atoms with Gasteiger partial charge in [0.05, 0.1) is 25.4 Å². The third-order valence-corrected chi connectivity index (χ3v) is 4.11. The van der Waals surface area contributed by atoms with Gasteiger partial charge in [0, 0.05) is 19.6 Å². The summed E-state index contributed by atoms with van der Waals surface area (Å²) in [7, 11) is 0. The van der Waals surface area contributed by atoms with Crippen LogP contribution in [0.5, 0.6) is 0 Å². The molecule has 2 heterocycles. The van der Waals surface area contributed by atoms with E-state index in [-0.39, 0.29) is 24.0 Å². The molecule has 0 atom stereocenters. The third-order valence-electron chi connectivity index (χ3n) is 4.11. The lowest BCUT2D eigenvalue weighted by atomic mass is 10.2. The maximum atomic E-state index is 5.93. The molecule has 1 fully saturated rings. The molecule has 0 aliphatic carbocycles. The van der Waals surface area contributed by atoms with Gasteiger partial charge in [-0.3, -0.25) is 4.90 Å². The molecular weight excluding hydrogens is 445 g/mol. The zero-order valence-electron chi connectivity index (χ0n) is 14.8. The molecule has 8 nitrogen and oxygen atoms in total. The number of ether oxygens (including phenoxy) is 1. The van der Waals surface area contributed by atoms with Crippen LogP contribution >= 0.6 is 24.0 Å². The highest BCUT2D eigenvalue weighted by atomic mass is 127. The van der Waals surface area contributed by atoms with E-state index in [1.54, 1.807) is 11.0 Å². The smallest absolute Gasteiger partial charge is 0.188 e. The van der Waals surface area contributed by atoms with E-state index in [0.717, 1.165) is 57.1 Å². The normalized spacial score (nSPS) is 15.5. The van der Waals surface area contributed by atoms with Crippen LogP contribution < -0.4 is 11.1 Å². The lowest BCUT2D eigenvalue weighted by Gasteiger charge is -2.26. The lowest BCUT2D eigenvalue weighted by Crippen LogP contribution is -2.39. The van der Waals surface area contributed by atoms with E-state index in [9.17, 15) is 0 Å². The number of nitrogens with zero attached hydrogens (tertiary/aromatic N) is 5. The van der Waals surface area contributed by atoms with Crippen molar-refractivity contribution in [1.29, 1.82) is 0 Å². The number of halogens is 1. The van der Waals surface area contributed by atoms with E-state index in [2.05, 4.69) is 25.3 Å². The number of guanidine groups is 1. The molecule has 1 saturated heterocycles. The first-order valence-electron chi connectivity index (χ1n) is 8.59. The van der Waals surface area contributed by atoms with Gasteiger partial charge in [-0.2, -0.15) is 5.10 Å². The predicted octanol–water partition coefficient (Wildman–Crippen LogP) is 1.01. The highest BCUT2D eigenvalue weighted by Gasteiger charge is 2.08. The first-order chi connectivity index (χ1) is 12.3. The molecule has 3 N–H and O–H groups in total. The van der Waals surface area contributed by atoms with Crippen molar-refractivity contribution >= 4 is 29.9 Å². The highest BCUT2D eigenvalue weighted by Crippen LogP contribution is 2.08. The van der Waals surface area contributed by atoms with Gasteiger partial charge in [0.1, 0.15) is 12.7 Å². The van der Waals surface area contributed by atoms with Gasteiger partial charge in [-0.05, 0) is 30.7 Å². The Morgan fingerprint density at radius 1 is 1.23 bits per heavy atom. The van der Waals surface area contributed by atoms with Crippen LogP contribution in [0.1, 0.15) is 12.0 Å². The van der Waals surface area contributed by atoms with Crippen molar-refractivity contribution in [3.05, 3.63) is 42.5 Å². The van der Waals surface area contributed by atoms with Gasteiger partial charge in [0.2, 0.25) is 0 Å². The standard InChI is InChI=1S/C17H25N7O.HI/c18-17(20-6-1-7-23-8-10-25-11-9-23)21-12-15-2-4-16(5-3-15)24-14-19-13-22-24;/h2-5,13-14H,1,6-12H2,(H3,18,20,21);1H. The molecule has 1 aromatic heterocycles. The van der Waals surface area contributed by atoms with Crippen molar-refractivity contribution in [3.63, 3.8) is 0 Å². The van der Waals surface area contributed by atoms with Crippen LogP contribution in [-0.2, 0) is 11.3 Å². The number of nitrogens with two attached hydrogens (primary N) is 1. The van der Waals surface area contributed by atoms with Crippen molar-refractivity contribution < 1.29 is 4.74 Å². The van der Waals surface area contributed by atoms with Crippen LogP contribution in [0, 0.1) is 0 Å². The Bertz CT molecular complexity index is 654. The van der Waals surface area contributed by atoms with E-state index in [1.165, 1.54) is 6.33 Å².